The normalized spacial score (nSPS) is 13.7. The van der Waals surface area contributed by atoms with Gasteiger partial charge in [0.2, 0.25) is 5.91 Å². The van der Waals surface area contributed by atoms with Crippen molar-refractivity contribution < 1.29 is 4.79 Å². The molecule has 1 aromatic heterocycles. The number of carbonyl (C=O) groups is 1. The lowest BCUT2D eigenvalue weighted by molar-refractivity contribution is -0.115. The van der Waals surface area contributed by atoms with Gasteiger partial charge in [0.1, 0.15) is 0 Å². The van der Waals surface area contributed by atoms with Crippen molar-refractivity contribution in [1.82, 2.24) is 15.2 Å². The lowest BCUT2D eigenvalue weighted by atomic mass is 10.1. The van der Waals surface area contributed by atoms with E-state index in [0.29, 0.717) is 22.4 Å². The summed E-state index contributed by atoms with van der Waals surface area (Å²) >= 11 is 13.3. The van der Waals surface area contributed by atoms with Crippen molar-refractivity contribution in [1.29, 1.82) is 0 Å². The minimum Gasteiger partial charge on any atom is -0.357 e. The Kier molecular flexibility index (Phi) is 6.34. The van der Waals surface area contributed by atoms with Gasteiger partial charge in [0, 0.05) is 25.4 Å². The molecule has 144 valence electrons. The van der Waals surface area contributed by atoms with Crippen molar-refractivity contribution >= 4 is 57.0 Å². The number of nitrogens with zero attached hydrogens (tertiary/aromatic N) is 3. The summed E-state index contributed by atoms with van der Waals surface area (Å²) in [6.45, 7) is 8.02. The number of likely N-dealkylation sites (tertiary alicyclic amines) is 1. The van der Waals surface area contributed by atoms with E-state index in [1.165, 1.54) is 31.1 Å². The molecule has 8 heteroatoms. The minimum atomic E-state index is -0.120. The summed E-state index contributed by atoms with van der Waals surface area (Å²) in [7, 11) is 0. The quantitative estimate of drug-likeness (QED) is 0.731. The molecule has 0 saturated carbocycles. The van der Waals surface area contributed by atoms with Crippen LogP contribution in [0.5, 0.6) is 0 Å². The molecule has 0 unspecified atom stereocenters. The number of rotatable bonds is 4. The summed E-state index contributed by atoms with van der Waals surface area (Å²) in [5, 5.41) is 7.14. The maximum atomic E-state index is 12.4. The third-order valence-corrected chi connectivity index (χ3v) is 6.05. The average molecular weight is 423 g/mol. The molecule has 1 amide bonds. The number of anilines is 2. The van der Waals surface area contributed by atoms with E-state index >= 15 is 0 Å². The zero-order valence-corrected chi connectivity index (χ0v) is 18.1. The molecule has 1 aliphatic heterocycles. The van der Waals surface area contributed by atoms with Crippen LogP contribution in [0.3, 0.4) is 0 Å². The van der Waals surface area contributed by atoms with Gasteiger partial charge in [-0.05, 0) is 56.1 Å². The summed E-state index contributed by atoms with van der Waals surface area (Å²) in [5.74, 6) is -0.120. The molecular formula is C19H23ClN4OS2. The van der Waals surface area contributed by atoms with Gasteiger partial charge >= 0.3 is 0 Å². The third-order valence-electron chi connectivity index (χ3n) is 4.48. The molecule has 0 atom stereocenters. The number of aryl methyl sites for hydroxylation is 2. The van der Waals surface area contributed by atoms with Crippen LogP contribution in [0.15, 0.2) is 17.5 Å². The van der Waals surface area contributed by atoms with Crippen LogP contribution in [0.4, 0.5) is 10.8 Å². The smallest absolute Gasteiger partial charge is 0.230 e. The Morgan fingerprint density at radius 3 is 2.70 bits per heavy atom. The number of halogens is 1. The Labute approximate surface area is 174 Å². The Hall–Kier alpha value is -1.70. The lowest BCUT2D eigenvalue weighted by Gasteiger charge is -2.22. The maximum Gasteiger partial charge on any atom is 0.230 e. The van der Waals surface area contributed by atoms with Gasteiger partial charge in [-0.1, -0.05) is 17.7 Å². The molecule has 2 heterocycles. The van der Waals surface area contributed by atoms with Gasteiger partial charge in [-0.3, -0.25) is 9.69 Å². The zero-order valence-electron chi connectivity index (χ0n) is 15.7. The van der Waals surface area contributed by atoms with Crippen molar-refractivity contribution in [2.24, 2.45) is 0 Å². The van der Waals surface area contributed by atoms with E-state index in [2.05, 4.69) is 15.2 Å². The monoisotopic (exact) mass is 422 g/mol. The number of carbonyl (C=O) groups excluding carboxylic acids is 1. The predicted molar refractivity (Wildman–Crippen MR) is 116 cm³/mol. The number of thiocarbonyl (C=S) groups is 1. The van der Waals surface area contributed by atoms with Gasteiger partial charge in [0.15, 0.2) is 10.2 Å². The minimum absolute atomic E-state index is 0.120. The highest BCUT2D eigenvalue weighted by atomic mass is 35.5. The first-order valence-corrected chi connectivity index (χ1v) is 10.6. The summed E-state index contributed by atoms with van der Waals surface area (Å²) in [5.41, 5.74) is 3.55. The molecule has 1 aromatic carbocycles. The first-order valence-electron chi connectivity index (χ1n) is 8.91. The van der Waals surface area contributed by atoms with E-state index in [4.69, 9.17) is 23.8 Å². The van der Waals surface area contributed by atoms with Crippen LogP contribution in [-0.2, 0) is 11.3 Å². The molecule has 0 aliphatic carbocycles. The van der Waals surface area contributed by atoms with E-state index in [1.54, 1.807) is 4.90 Å². The number of nitrogens with one attached hydrogen (secondary N) is 1. The van der Waals surface area contributed by atoms with Crippen molar-refractivity contribution in [3.8, 4) is 0 Å². The van der Waals surface area contributed by atoms with Crippen LogP contribution in [-0.4, -0.2) is 34.0 Å². The largest absolute Gasteiger partial charge is 0.357 e. The number of hydrogen-bond donors (Lipinski definition) is 1. The highest BCUT2D eigenvalue weighted by Crippen LogP contribution is 2.37. The summed E-state index contributed by atoms with van der Waals surface area (Å²) in [4.78, 5) is 20.8. The number of thiazole rings is 1. The Bertz CT molecular complexity index is 838. The summed E-state index contributed by atoms with van der Waals surface area (Å²) in [6.07, 6.45) is 2.37. The van der Waals surface area contributed by atoms with E-state index in [1.807, 2.05) is 31.4 Å². The number of aromatic nitrogens is 1. The molecular weight excluding hydrogens is 400 g/mol. The van der Waals surface area contributed by atoms with Crippen molar-refractivity contribution in [3.63, 3.8) is 0 Å². The van der Waals surface area contributed by atoms with Gasteiger partial charge in [0.05, 0.1) is 22.9 Å². The zero-order chi connectivity index (χ0) is 19.6. The SMILES string of the molecule is CC(=O)N(c1nc(CNC(=S)N2CCCC2)cs1)c1c(C)cc(C)cc1Cl. The van der Waals surface area contributed by atoms with E-state index in [-0.39, 0.29) is 5.91 Å². The van der Waals surface area contributed by atoms with Gasteiger partial charge in [-0.25, -0.2) is 4.98 Å². The van der Waals surface area contributed by atoms with Crippen LogP contribution in [0, 0.1) is 13.8 Å². The number of amides is 1. The summed E-state index contributed by atoms with van der Waals surface area (Å²) in [6, 6.07) is 3.88. The lowest BCUT2D eigenvalue weighted by Crippen LogP contribution is -2.37. The third kappa shape index (κ3) is 4.59. The van der Waals surface area contributed by atoms with Crippen LogP contribution in [0.25, 0.3) is 0 Å². The fourth-order valence-corrected chi connectivity index (χ4v) is 4.79. The highest BCUT2D eigenvalue weighted by Gasteiger charge is 2.23. The van der Waals surface area contributed by atoms with Crippen molar-refractivity contribution in [3.05, 3.63) is 39.4 Å². The maximum absolute atomic E-state index is 12.4. The number of benzene rings is 1. The fourth-order valence-electron chi connectivity index (χ4n) is 3.26. The molecule has 1 N–H and O–H groups in total. The van der Waals surface area contributed by atoms with Crippen LogP contribution in [0.1, 0.15) is 36.6 Å². The van der Waals surface area contributed by atoms with Crippen LogP contribution < -0.4 is 10.2 Å². The Balaban J connectivity index is 1.78. The first-order chi connectivity index (χ1) is 12.9. The van der Waals surface area contributed by atoms with Gasteiger partial charge in [-0.15, -0.1) is 11.3 Å². The van der Waals surface area contributed by atoms with Gasteiger partial charge in [-0.2, -0.15) is 0 Å². The first kappa shape index (κ1) is 20.0. The van der Waals surface area contributed by atoms with Crippen LogP contribution >= 0.6 is 35.2 Å². The fraction of sp³-hybridized carbons (Fsp3) is 0.421. The van der Waals surface area contributed by atoms with Gasteiger partial charge < -0.3 is 10.2 Å². The van der Waals surface area contributed by atoms with Crippen LogP contribution in [0.2, 0.25) is 5.02 Å². The summed E-state index contributed by atoms with van der Waals surface area (Å²) < 4.78 is 0. The van der Waals surface area contributed by atoms with Crippen molar-refractivity contribution in [2.45, 2.75) is 40.2 Å². The van der Waals surface area contributed by atoms with E-state index < -0.39 is 0 Å². The van der Waals surface area contributed by atoms with Gasteiger partial charge in [0.25, 0.3) is 0 Å². The molecule has 5 nitrogen and oxygen atoms in total. The molecule has 27 heavy (non-hydrogen) atoms. The molecule has 1 fully saturated rings. The Morgan fingerprint density at radius 2 is 2.07 bits per heavy atom. The second-order valence-electron chi connectivity index (χ2n) is 6.74. The number of hydrogen-bond acceptors (Lipinski definition) is 4. The highest BCUT2D eigenvalue weighted by molar-refractivity contribution is 7.80. The van der Waals surface area contributed by atoms with E-state index in [0.717, 1.165) is 35.0 Å². The Morgan fingerprint density at radius 1 is 1.37 bits per heavy atom. The van der Waals surface area contributed by atoms with Crippen molar-refractivity contribution in [2.75, 3.05) is 18.0 Å². The molecule has 0 bridgehead atoms. The second-order valence-corrected chi connectivity index (χ2v) is 8.37. The molecule has 2 aromatic rings. The molecule has 0 radical (unpaired) electrons. The average Bonchev–Trinajstić information content (AvgIpc) is 3.27. The molecule has 1 saturated heterocycles. The standard InChI is InChI=1S/C19H23ClN4OS2/c1-12-8-13(2)17(16(20)9-12)24(14(3)25)19-22-15(11-27-19)10-21-18(26)23-6-4-5-7-23/h8-9,11H,4-7,10H2,1-3H3,(H,21,26). The molecule has 3 rings (SSSR count). The predicted octanol–water partition coefficient (Wildman–Crippen LogP) is 4.57. The topological polar surface area (TPSA) is 48.5 Å². The molecule has 0 spiro atoms. The van der Waals surface area contributed by atoms with E-state index in [9.17, 15) is 4.79 Å². The second kappa shape index (κ2) is 8.54. The molecule has 1 aliphatic rings.